The van der Waals surface area contributed by atoms with Crippen molar-refractivity contribution in [2.75, 3.05) is 13.1 Å². The molecule has 1 atom stereocenters. The minimum atomic E-state index is -0.954. The third kappa shape index (κ3) is 2.84. The van der Waals surface area contributed by atoms with Gasteiger partial charge in [-0.2, -0.15) is 0 Å². The molecule has 0 aromatic heterocycles. The second kappa shape index (κ2) is 6.06. The van der Waals surface area contributed by atoms with Crippen molar-refractivity contribution in [3.8, 4) is 0 Å². The normalized spacial score (nSPS) is 20.5. The molecule has 1 fully saturated rings. The van der Waals surface area contributed by atoms with E-state index in [2.05, 4.69) is 20.8 Å². The van der Waals surface area contributed by atoms with Crippen LogP contribution in [0.4, 0.5) is 0 Å². The Bertz CT molecular complexity index is 455. The van der Waals surface area contributed by atoms with Crippen molar-refractivity contribution in [2.45, 2.75) is 38.1 Å². The fraction of sp³-hybridized carbons (Fsp3) is 0.533. The van der Waals surface area contributed by atoms with Crippen LogP contribution in [0.1, 0.15) is 38.2 Å². The number of carboxylic acid groups (broad SMARTS) is 1. The molecule has 1 heterocycles. The first-order valence-electron chi connectivity index (χ1n) is 6.80. The number of hydrogen-bond donors (Lipinski definition) is 1. The maximum atomic E-state index is 11.9. The highest BCUT2D eigenvalue weighted by Crippen LogP contribution is 2.35. The molecule has 1 N–H and O–H groups in total. The molecule has 1 aliphatic rings. The van der Waals surface area contributed by atoms with Gasteiger partial charge in [0, 0.05) is 4.47 Å². The van der Waals surface area contributed by atoms with E-state index >= 15 is 0 Å². The number of nitrogens with zero attached hydrogens (tertiary/aromatic N) is 1. The van der Waals surface area contributed by atoms with Crippen molar-refractivity contribution in [3.63, 3.8) is 0 Å². The molecule has 0 amide bonds. The third-order valence-electron chi connectivity index (χ3n) is 4.05. The number of hydrogen-bond acceptors (Lipinski definition) is 2. The lowest BCUT2D eigenvalue weighted by molar-refractivity contribution is -0.151. The van der Waals surface area contributed by atoms with Gasteiger partial charge in [0.1, 0.15) is 5.54 Å². The number of rotatable bonds is 3. The largest absolute Gasteiger partial charge is 0.480 e. The van der Waals surface area contributed by atoms with E-state index in [1.807, 2.05) is 31.2 Å². The Morgan fingerprint density at radius 3 is 2.32 bits per heavy atom. The van der Waals surface area contributed by atoms with Gasteiger partial charge < -0.3 is 5.11 Å². The maximum absolute atomic E-state index is 11.9. The van der Waals surface area contributed by atoms with Crippen LogP contribution in [0, 0.1) is 0 Å². The van der Waals surface area contributed by atoms with Crippen LogP contribution in [0.5, 0.6) is 0 Å². The first-order valence-corrected chi connectivity index (χ1v) is 7.59. The van der Waals surface area contributed by atoms with E-state index in [0.29, 0.717) is 0 Å². The van der Waals surface area contributed by atoms with E-state index in [0.717, 1.165) is 36.0 Å². The molecule has 3 nitrogen and oxygen atoms in total. The summed E-state index contributed by atoms with van der Waals surface area (Å²) < 4.78 is 0.865. The van der Waals surface area contributed by atoms with E-state index in [4.69, 9.17) is 0 Å². The smallest absolute Gasteiger partial charge is 0.328 e. The summed E-state index contributed by atoms with van der Waals surface area (Å²) in [5.41, 5.74) is -0.117. The van der Waals surface area contributed by atoms with E-state index < -0.39 is 11.5 Å². The van der Waals surface area contributed by atoms with Crippen LogP contribution in [0.25, 0.3) is 0 Å². The molecule has 0 spiro atoms. The van der Waals surface area contributed by atoms with Crippen LogP contribution < -0.4 is 0 Å². The van der Waals surface area contributed by atoms with E-state index in [1.54, 1.807) is 0 Å². The molecule has 104 valence electrons. The van der Waals surface area contributed by atoms with Gasteiger partial charge in [0.05, 0.1) is 0 Å². The number of halogens is 1. The molecule has 19 heavy (non-hydrogen) atoms. The average molecular weight is 326 g/mol. The van der Waals surface area contributed by atoms with Crippen LogP contribution in [-0.4, -0.2) is 29.1 Å². The van der Waals surface area contributed by atoms with Gasteiger partial charge in [-0.1, -0.05) is 47.0 Å². The Balaban J connectivity index is 2.42. The number of benzene rings is 1. The first-order chi connectivity index (χ1) is 9.06. The monoisotopic (exact) mass is 325 g/mol. The first kappa shape index (κ1) is 14.5. The molecule has 0 radical (unpaired) electrons. The van der Waals surface area contributed by atoms with Crippen LogP contribution in [0.3, 0.4) is 0 Å². The minimum Gasteiger partial charge on any atom is -0.480 e. The summed E-state index contributed by atoms with van der Waals surface area (Å²) >= 11 is 3.50. The fourth-order valence-electron chi connectivity index (χ4n) is 2.79. The molecule has 0 saturated carbocycles. The Labute approximate surface area is 122 Å². The molecule has 4 heteroatoms. The van der Waals surface area contributed by atoms with Crippen molar-refractivity contribution in [2.24, 2.45) is 0 Å². The zero-order chi connectivity index (χ0) is 13.9. The van der Waals surface area contributed by atoms with Crippen LogP contribution in [0.2, 0.25) is 0 Å². The van der Waals surface area contributed by atoms with Gasteiger partial charge in [-0.25, -0.2) is 4.79 Å². The van der Waals surface area contributed by atoms with Crippen molar-refractivity contribution < 1.29 is 9.90 Å². The molecule has 1 aromatic rings. The molecular formula is C15H20BrNO2. The van der Waals surface area contributed by atoms with Crippen molar-refractivity contribution in [3.05, 3.63) is 34.3 Å². The van der Waals surface area contributed by atoms with Gasteiger partial charge in [0.15, 0.2) is 0 Å². The highest BCUT2D eigenvalue weighted by Gasteiger charge is 2.42. The number of likely N-dealkylation sites (tertiary alicyclic amines) is 1. The second-order valence-electron chi connectivity index (χ2n) is 5.26. The lowest BCUT2D eigenvalue weighted by Gasteiger charge is -2.38. The van der Waals surface area contributed by atoms with E-state index in [-0.39, 0.29) is 0 Å². The van der Waals surface area contributed by atoms with Crippen molar-refractivity contribution in [1.82, 2.24) is 4.90 Å². The molecule has 1 unspecified atom stereocenters. The lowest BCUT2D eigenvalue weighted by atomic mass is 9.89. The second-order valence-corrected chi connectivity index (χ2v) is 6.11. The molecule has 2 rings (SSSR count). The molecular weight excluding hydrogens is 306 g/mol. The lowest BCUT2D eigenvalue weighted by Crippen LogP contribution is -2.50. The molecule has 0 aliphatic carbocycles. The maximum Gasteiger partial charge on any atom is 0.328 e. The van der Waals surface area contributed by atoms with Gasteiger partial charge in [-0.3, -0.25) is 4.90 Å². The molecule has 1 aliphatic heterocycles. The third-order valence-corrected chi connectivity index (χ3v) is 4.74. The highest BCUT2D eigenvalue weighted by atomic mass is 79.9. The standard InChI is InChI=1S/C15H20BrNO2/c1-15(14(18)19,12-8-4-5-9-13(12)16)17-10-6-2-3-7-11-17/h4-5,8-9H,2-3,6-7,10-11H2,1H3,(H,18,19). The minimum absolute atomic E-state index is 0.777. The summed E-state index contributed by atoms with van der Waals surface area (Å²) in [6.07, 6.45) is 4.55. The highest BCUT2D eigenvalue weighted by molar-refractivity contribution is 9.10. The average Bonchev–Trinajstić information content (AvgIpc) is 2.67. The zero-order valence-electron chi connectivity index (χ0n) is 11.2. The van der Waals surface area contributed by atoms with E-state index in [9.17, 15) is 9.90 Å². The van der Waals surface area contributed by atoms with Gasteiger partial charge >= 0.3 is 5.97 Å². The topological polar surface area (TPSA) is 40.5 Å². The predicted molar refractivity (Wildman–Crippen MR) is 79.2 cm³/mol. The Morgan fingerprint density at radius 2 is 1.79 bits per heavy atom. The molecule has 0 bridgehead atoms. The number of aliphatic carboxylic acids is 1. The Kier molecular flexibility index (Phi) is 4.63. The van der Waals surface area contributed by atoms with Gasteiger partial charge in [0.2, 0.25) is 0 Å². The van der Waals surface area contributed by atoms with Gasteiger partial charge in [-0.15, -0.1) is 0 Å². The van der Waals surface area contributed by atoms with Crippen molar-refractivity contribution >= 4 is 21.9 Å². The SMILES string of the molecule is CC(C(=O)O)(c1ccccc1Br)N1CCCCCC1. The fourth-order valence-corrected chi connectivity index (χ4v) is 3.47. The quantitative estimate of drug-likeness (QED) is 0.922. The summed E-state index contributed by atoms with van der Waals surface area (Å²) in [7, 11) is 0. The van der Waals surface area contributed by atoms with Crippen LogP contribution >= 0.6 is 15.9 Å². The van der Waals surface area contributed by atoms with Gasteiger partial charge in [0.25, 0.3) is 0 Å². The number of carbonyl (C=O) groups is 1. The summed E-state index contributed by atoms with van der Waals surface area (Å²) in [4.78, 5) is 14.0. The zero-order valence-corrected chi connectivity index (χ0v) is 12.8. The molecule has 1 saturated heterocycles. The van der Waals surface area contributed by atoms with Crippen LogP contribution in [0.15, 0.2) is 28.7 Å². The Hall–Kier alpha value is -0.870. The summed E-state index contributed by atoms with van der Waals surface area (Å²) in [5, 5.41) is 9.79. The van der Waals surface area contributed by atoms with Crippen molar-refractivity contribution in [1.29, 1.82) is 0 Å². The number of carboxylic acids is 1. The summed E-state index contributed by atoms with van der Waals surface area (Å²) in [6.45, 7) is 3.52. The molecule has 1 aromatic carbocycles. The summed E-state index contributed by atoms with van der Waals surface area (Å²) in [6, 6.07) is 7.63. The predicted octanol–water partition coefficient (Wildman–Crippen LogP) is 3.62. The van der Waals surface area contributed by atoms with Crippen LogP contribution in [-0.2, 0) is 10.3 Å². The van der Waals surface area contributed by atoms with E-state index in [1.165, 1.54) is 12.8 Å². The Morgan fingerprint density at radius 1 is 1.21 bits per heavy atom. The summed E-state index contributed by atoms with van der Waals surface area (Å²) in [5.74, 6) is -0.777. The van der Waals surface area contributed by atoms with Gasteiger partial charge in [-0.05, 0) is 44.5 Å².